The molecule has 0 bridgehead atoms. The molecule has 7 nitrogen and oxygen atoms in total. The van der Waals surface area contributed by atoms with E-state index in [1.165, 1.54) is 11.9 Å². The number of carbonyl (C=O) groups excluding carboxylic acids is 3. The molecule has 0 saturated carbocycles. The minimum atomic E-state index is -0.353. The topological polar surface area (TPSA) is 81.8 Å². The molecule has 0 radical (unpaired) electrons. The predicted octanol–water partition coefficient (Wildman–Crippen LogP) is 2.62. The quantitative estimate of drug-likeness (QED) is 0.693. The molecule has 0 aliphatic carbocycles. The van der Waals surface area contributed by atoms with Gasteiger partial charge in [-0.1, -0.05) is 41.4 Å². The molecule has 0 atom stereocenters. The molecule has 0 heterocycles. The van der Waals surface area contributed by atoms with Gasteiger partial charge in [0, 0.05) is 12.7 Å². The second kappa shape index (κ2) is 10.6. The molecule has 0 spiro atoms. The van der Waals surface area contributed by atoms with Gasteiger partial charge in [-0.2, -0.15) is 0 Å². The maximum atomic E-state index is 12.3. The first-order chi connectivity index (χ1) is 13.7. The summed E-state index contributed by atoms with van der Waals surface area (Å²) < 4.78 is 0. The summed E-state index contributed by atoms with van der Waals surface area (Å²) in [5.41, 5.74) is 2.30. The maximum Gasteiger partial charge on any atom is 0.244 e. The zero-order valence-corrected chi connectivity index (χ0v) is 17.5. The van der Waals surface area contributed by atoms with Crippen molar-refractivity contribution in [1.29, 1.82) is 0 Å². The molecular formula is C21H25ClN4O3. The number of nitrogens with zero attached hydrogens (tertiary/aromatic N) is 2. The molecular weight excluding hydrogens is 392 g/mol. The van der Waals surface area contributed by atoms with Crippen LogP contribution in [0.2, 0.25) is 5.02 Å². The summed E-state index contributed by atoms with van der Waals surface area (Å²) in [4.78, 5) is 39.5. The van der Waals surface area contributed by atoms with Crippen molar-refractivity contribution in [2.45, 2.75) is 6.92 Å². The third kappa shape index (κ3) is 7.56. The molecule has 0 unspecified atom stereocenters. The normalized spacial score (nSPS) is 10.5. The number of hydrogen-bond acceptors (Lipinski definition) is 4. The standard InChI is InChI=1S/C21H25ClN4O3/c1-15-8-10-16(11-9-15)23-19(27)12-25(2)14-21(29)26(3)13-20(28)24-18-7-5-4-6-17(18)22/h4-11H,12-14H2,1-3H3,(H,23,27)(H,24,28). The van der Waals surface area contributed by atoms with E-state index in [1.54, 1.807) is 36.2 Å². The smallest absolute Gasteiger partial charge is 0.244 e. The number of likely N-dealkylation sites (N-methyl/N-ethyl adjacent to an activating group) is 2. The Morgan fingerprint density at radius 1 is 0.862 bits per heavy atom. The van der Waals surface area contributed by atoms with Gasteiger partial charge in [0.1, 0.15) is 0 Å². The number of halogens is 1. The van der Waals surface area contributed by atoms with E-state index < -0.39 is 0 Å². The fourth-order valence-corrected chi connectivity index (χ4v) is 2.73. The summed E-state index contributed by atoms with van der Waals surface area (Å²) in [6, 6.07) is 14.3. The molecule has 0 aromatic heterocycles. The van der Waals surface area contributed by atoms with Gasteiger partial charge < -0.3 is 15.5 Å². The molecule has 154 valence electrons. The Labute approximate surface area is 175 Å². The molecule has 2 aromatic rings. The van der Waals surface area contributed by atoms with Crippen LogP contribution >= 0.6 is 11.6 Å². The van der Waals surface area contributed by atoms with Crippen LogP contribution in [0.4, 0.5) is 11.4 Å². The summed E-state index contributed by atoms with van der Waals surface area (Å²) >= 11 is 6.01. The lowest BCUT2D eigenvalue weighted by molar-refractivity contribution is -0.134. The van der Waals surface area contributed by atoms with Crippen LogP contribution in [0.25, 0.3) is 0 Å². The summed E-state index contributed by atoms with van der Waals surface area (Å²) in [7, 11) is 3.21. The molecule has 3 amide bonds. The number of anilines is 2. The molecule has 2 N–H and O–H groups in total. The third-order valence-electron chi connectivity index (χ3n) is 4.11. The average molecular weight is 417 g/mol. The van der Waals surface area contributed by atoms with Crippen LogP contribution in [-0.4, -0.2) is 61.3 Å². The van der Waals surface area contributed by atoms with Crippen LogP contribution < -0.4 is 10.6 Å². The highest BCUT2D eigenvalue weighted by Crippen LogP contribution is 2.20. The van der Waals surface area contributed by atoms with Crippen LogP contribution in [0.3, 0.4) is 0 Å². The molecule has 8 heteroatoms. The Morgan fingerprint density at radius 3 is 2.14 bits per heavy atom. The van der Waals surface area contributed by atoms with Crippen molar-refractivity contribution in [3.63, 3.8) is 0 Å². The lowest BCUT2D eigenvalue weighted by atomic mass is 10.2. The van der Waals surface area contributed by atoms with Gasteiger partial charge >= 0.3 is 0 Å². The van der Waals surface area contributed by atoms with Crippen molar-refractivity contribution in [2.24, 2.45) is 0 Å². The van der Waals surface area contributed by atoms with E-state index in [2.05, 4.69) is 10.6 Å². The van der Waals surface area contributed by atoms with Gasteiger partial charge in [-0.25, -0.2) is 0 Å². The number of benzene rings is 2. The van der Waals surface area contributed by atoms with Crippen LogP contribution in [0.5, 0.6) is 0 Å². The van der Waals surface area contributed by atoms with Gasteiger partial charge in [-0.15, -0.1) is 0 Å². The maximum absolute atomic E-state index is 12.3. The van der Waals surface area contributed by atoms with Gasteiger partial charge in [-0.3, -0.25) is 19.3 Å². The van der Waals surface area contributed by atoms with E-state index in [1.807, 2.05) is 31.2 Å². The van der Waals surface area contributed by atoms with Crippen molar-refractivity contribution in [3.05, 3.63) is 59.1 Å². The number of nitrogens with one attached hydrogen (secondary N) is 2. The lowest BCUT2D eigenvalue weighted by Gasteiger charge is -2.21. The predicted molar refractivity (Wildman–Crippen MR) is 115 cm³/mol. The lowest BCUT2D eigenvalue weighted by Crippen LogP contribution is -2.42. The zero-order chi connectivity index (χ0) is 21.4. The van der Waals surface area contributed by atoms with E-state index >= 15 is 0 Å². The second-order valence-corrected chi connectivity index (χ2v) is 7.27. The van der Waals surface area contributed by atoms with Crippen molar-refractivity contribution in [1.82, 2.24) is 9.80 Å². The number of para-hydroxylation sites is 1. The van der Waals surface area contributed by atoms with E-state index in [0.717, 1.165) is 5.56 Å². The summed E-state index contributed by atoms with van der Waals surface area (Å²) in [5.74, 6) is -0.845. The van der Waals surface area contributed by atoms with E-state index in [9.17, 15) is 14.4 Å². The molecule has 2 aromatic carbocycles. The Bertz CT molecular complexity index is 870. The highest BCUT2D eigenvalue weighted by molar-refractivity contribution is 6.33. The summed E-state index contributed by atoms with van der Waals surface area (Å²) in [6.07, 6.45) is 0. The second-order valence-electron chi connectivity index (χ2n) is 6.86. The molecule has 2 rings (SSSR count). The minimum Gasteiger partial charge on any atom is -0.335 e. The fraction of sp³-hybridized carbons (Fsp3) is 0.286. The van der Waals surface area contributed by atoms with Gasteiger partial charge in [0.15, 0.2) is 0 Å². The summed E-state index contributed by atoms with van der Waals surface area (Å²) in [5, 5.41) is 5.88. The molecule has 0 fully saturated rings. The van der Waals surface area contributed by atoms with Crippen molar-refractivity contribution >= 4 is 40.7 Å². The SMILES string of the molecule is Cc1ccc(NC(=O)CN(C)CC(=O)N(C)CC(=O)Nc2ccccc2Cl)cc1. The monoisotopic (exact) mass is 416 g/mol. The van der Waals surface area contributed by atoms with Crippen LogP contribution in [-0.2, 0) is 14.4 Å². The van der Waals surface area contributed by atoms with Crippen molar-refractivity contribution < 1.29 is 14.4 Å². The first kappa shape index (κ1) is 22.4. The number of rotatable bonds is 8. The Balaban J connectivity index is 1.77. The van der Waals surface area contributed by atoms with Gasteiger partial charge in [0.25, 0.3) is 0 Å². The molecule has 0 aliphatic heterocycles. The Kier molecular flexibility index (Phi) is 8.18. The highest BCUT2D eigenvalue weighted by atomic mass is 35.5. The van der Waals surface area contributed by atoms with Gasteiger partial charge in [0.05, 0.1) is 30.3 Å². The van der Waals surface area contributed by atoms with Crippen LogP contribution in [0.15, 0.2) is 48.5 Å². The number of carbonyl (C=O) groups is 3. The van der Waals surface area contributed by atoms with E-state index in [0.29, 0.717) is 16.4 Å². The Morgan fingerprint density at radius 2 is 1.48 bits per heavy atom. The van der Waals surface area contributed by atoms with Crippen LogP contribution in [0, 0.1) is 6.92 Å². The van der Waals surface area contributed by atoms with Gasteiger partial charge in [0.2, 0.25) is 17.7 Å². The summed E-state index contributed by atoms with van der Waals surface area (Å²) in [6.45, 7) is 1.92. The van der Waals surface area contributed by atoms with Crippen molar-refractivity contribution in [3.8, 4) is 0 Å². The number of hydrogen-bond donors (Lipinski definition) is 2. The third-order valence-corrected chi connectivity index (χ3v) is 4.44. The average Bonchev–Trinajstić information content (AvgIpc) is 2.65. The van der Waals surface area contributed by atoms with Gasteiger partial charge in [-0.05, 0) is 38.2 Å². The van der Waals surface area contributed by atoms with E-state index in [4.69, 9.17) is 11.6 Å². The van der Waals surface area contributed by atoms with E-state index in [-0.39, 0.29) is 37.4 Å². The molecule has 0 aliphatic rings. The largest absolute Gasteiger partial charge is 0.335 e. The minimum absolute atomic E-state index is 0.0111. The first-order valence-electron chi connectivity index (χ1n) is 9.08. The number of aryl methyl sites for hydroxylation is 1. The molecule has 0 saturated heterocycles. The zero-order valence-electron chi connectivity index (χ0n) is 16.7. The Hall–Kier alpha value is -2.90. The first-order valence-corrected chi connectivity index (χ1v) is 9.46. The highest BCUT2D eigenvalue weighted by Gasteiger charge is 2.17. The number of amides is 3. The fourth-order valence-electron chi connectivity index (χ4n) is 2.55. The van der Waals surface area contributed by atoms with Crippen molar-refractivity contribution in [2.75, 3.05) is 44.4 Å². The molecule has 29 heavy (non-hydrogen) atoms. The van der Waals surface area contributed by atoms with Crippen LogP contribution in [0.1, 0.15) is 5.56 Å².